The standard InChI is InChI=1S/C15H29N3O4S/c1-13(14-4-5-14)17(10-11-22-2)12-15(19)16-6-8-18(9-7-16)23(3,20)21/h13-14H,4-12H2,1-3H3/t13-/m1/s1. The van der Waals surface area contributed by atoms with E-state index < -0.39 is 10.0 Å². The second kappa shape index (κ2) is 7.92. The lowest BCUT2D eigenvalue weighted by Gasteiger charge is -2.36. The molecule has 8 heteroatoms. The summed E-state index contributed by atoms with van der Waals surface area (Å²) in [4.78, 5) is 16.5. The minimum atomic E-state index is -3.16. The highest BCUT2D eigenvalue weighted by Gasteiger charge is 2.34. The number of piperazine rings is 1. The number of nitrogens with zero attached hydrogens (tertiary/aromatic N) is 3. The van der Waals surface area contributed by atoms with Gasteiger partial charge in [0.15, 0.2) is 0 Å². The van der Waals surface area contributed by atoms with Gasteiger partial charge in [0.05, 0.1) is 19.4 Å². The van der Waals surface area contributed by atoms with Crippen molar-refractivity contribution in [3.05, 3.63) is 0 Å². The van der Waals surface area contributed by atoms with Gasteiger partial charge in [0.1, 0.15) is 0 Å². The van der Waals surface area contributed by atoms with Gasteiger partial charge < -0.3 is 9.64 Å². The lowest BCUT2D eigenvalue weighted by Crippen LogP contribution is -2.53. The van der Waals surface area contributed by atoms with Gasteiger partial charge in [0.25, 0.3) is 0 Å². The average Bonchev–Trinajstić information content (AvgIpc) is 3.34. The molecule has 0 radical (unpaired) electrons. The Kier molecular flexibility index (Phi) is 6.41. The Morgan fingerprint density at radius 2 is 1.87 bits per heavy atom. The molecule has 0 aromatic rings. The van der Waals surface area contributed by atoms with E-state index in [0.717, 1.165) is 6.54 Å². The molecule has 0 aromatic carbocycles. The molecule has 0 N–H and O–H groups in total. The van der Waals surface area contributed by atoms with Crippen LogP contribution in [0.15, 0.2) is 0 Å². The van der Waals surface area contributed by atoms with Crippen LogP contribution >= 0.6 is 0 Å². The Balaban J connectivity index is 1.86. The van der Waals surface area contributed by atoms with E-state index >= 15 is 0 Å². The van der Waals surface area contributed by atoms with E-state index in [4.69, 9.17) is 4.74 Å². The molecule has 0 unspecified atom stereocenters. The Morgan fingerprint density at radius 1 is 1.26 bits per heavy atom. The summed E-state index contributed by atoms with van der Waals surface area (Å²) in [6.07, 6.45) is 3.70. The van der Waals surface area contributed by atoms with Crippen LogP contribution in [0.5, 0.6) is 0 Å². The third-order valence-corrected chi connectivity index (χ3v) is 6.16. The molecule has 7 nitrogen and oxygen atoms in total. The van der Waals surface area contributed by atoms with E-state index in [1.54, 1.807) is 12.0 Å². The molecule has 1 aliphatic carbocycles. The van der Waals surface area contributed by atoms with Gasteiger partial charge in [-0.25, -0.2) is 8.42 Å². The van der Waals surface area contributed by atoms with Gasteiger partial charge in [0.2, 0.25) is 15.9 Å². The maximum Gasteiger partial charge on any atom is 0.236 e. The molecule has 1 saturated heterocycles. The summed E-state index contributed by atoms with van der Waals surface area (Å²) in [6, 6.07) is 0.395. The van der Waals surface area contributed by atoms with Crippen LogP contribution in [0, 0.1) is 5.92 Å². The molecule has 1 atom stereocenters. The van der Waals surface area contributed by atoms with E-state index in [-0.39, 0.29) is 5.91 Å². The molecule has 1 aliphatic heterocycles. The first kappa shape index (κ1) is 18.6. The fourth-order valence-electron chi connectivity index (χ4n) is 3.05. The number of hydrogen-bond acceptors (Lipinski definition) is 5. The molecule has 1 saturated carbocycles. The summed E-state index contributed by atoms with van der Waals surface area (Å²) < 4.78 is 29.7. The lowest BCUT2D eigenvalue weighted by molar-refractivity contribution is -0.134. The summed E-state index contributed by atoms with van der Waals surface area (Å²) in [5.41, 5.74) is 0. The number of carbonyl (C=O) groups excluding carboxylic acids is 1. The van der Waals surface area contributed by atoms with Gasteiger partial charge in [-0.2, -0.15) is 4.31 Å². The molecular weight excluding hydrogens is 318 g/mol. The van der Waals surface area contributed by atoms with Crippen LogP contribution in [-0.2, 0) is 19.6 Å². The van der Waals surface area contributed by atoms with E-state index in [1.807, 2.05) is 0 Å². The third kappa shape index (κ3) is 5.41. The number of amides is 1. The molecule has 2 aliphatic rings. The predicted molar refractivity (Wildman–Crippen MR) is 88.6 cm³/mol. The van der Waals surface area contributed by atoms with Gasteiger partial charge in [-0.3, -0.25) is 9.69 Å². The smallest absolute Gasteiger partial charge is 0.236 e. The quantitative estimate of drug-likeness (QED) is 0.610. The van der Waals surface area contributed by atoms with Crippen molar-refractivity contribution in [2.24, 2.45) is 5.92 Å². The Labute approximate surface area is 139 Å². The molecule has 2 rings (SSSR count). The Hall–Kier alpha value is -0.700. The molecule has 0 spiro atoms. The Morgan fingerprint density at radius 3 is 2.35 bits per heavy atom. The zero-order chi connectivity index (χ0) is 17.0. The van der Waals surface area contributed by atoms with Crippen molar-refractivity contribution in [1.82, 2.24) is 14.1 Å². The lowest BCUT2D eigenvalue weighted by atomic mass is 10.1. The average molecular weight is 347 g/mol. The van der Waals surface area contributed by atoms with Crippen LogP contribution in [0.1, 0.15) is 19.8 Å². The van der Waals surface area contributed by atoms with Crippen LogP contribution in [0.2, 0.25) is 0 Å². The van der Waals surface area contributed by atoms with Crippen molar-refractivity contribution in [2.45, 2.75) is 25.8 Å². The number of ether oxygens (including phenoxy) is 1. The molecule has 0 aromatic heterocycles. The highest BCUT2D eigenvalue weighted by Crippen LogP contribution is 2.35. The fourth-order valence-corrected chi connectivity index (χ4v) is 3.88. The normalized spacial score (nSPS) is 21.7. The molecule has 1 heterocycles. The molecule has 1 amide bonds. The second-order valence-corrected chi connectivity index (χ2v) is 8.57. The maximum absolute atomic E-state index is 12.6. The first-order valence-electron chi connectivity index (χ1n) is 8.29. The summed E-state index contributed by atoms with van der Waals surface area (Å²) in [5.74, 6) is 0.781. The number of carbonyl (C=O) groups is 1. The van der Waals surface area contributed by atoms with Crippen molar-refractivity contribution in [1.29, 1.82) is 0 Å². The summed E-state index contributed by atoms with van der Waals surface area (Å²) in [6.45, 7) is 5.67. The molecule has 23 heavy (non-hydrogen) atoms. The molecule has 134 valence electrons. The van der Waals surface area contributed by atoms with Gasteiger partial charge >= 0.3 is 0 Å². The van der Waals surface area contributed by atoms with Crippen LogP contribution in [0.25, 0.3) is 0 Å². The predicted octanol–water partition coefficient (Wildman–Crippen LogP) is -0.163. The van der Waals surface area contributed by atoms with Crippen LogP contribution in [0.4, 0.5) is 0 Å². The molecular formula is C15H29N3O4S. The largest absolute Gasteiger partial charge is 0.383 e. The van der Waals surface area contributed by atoms with Crippen molar-refractivity contribution >= 4 is 15.9 Å². The van der Waals surface area contributed by atoms with Crippen LogP contribution in [-0.4, -0.2) is 93.7 Å². The maximum atomic E-state index is 12.6. The summed E-state index contributed by atoms with van der Waals surface area (Å²) in [7, 11) is -1.49. The summed E-state index contributed by atoms with van der Waals surface area (Å²) in [5, 5.41) is 0. The minimum Gasteiger partial charge on any atom is -0.383 e. The number of hydrogen-bond donors (Lipinski definition) is 0. The zero-order valence-electron chi connectivity index (χ0n) is 14.4. The van der Waals surface area contributed by atoms with E-state index in [0.29, 0.717) is 51.3 Å². The zero-order valence-corrected chi connectivity index (χ0v) is 15.2. The molecule has 2 fully saturated rings. The van der Waals surface area contributed by atoms with Crippen molar-refractivity contribution in [3.8, 4) is 0 Å². The van der Waals surface area contributed by atoms with Gasteiger partial charge in [-0.1, -0.05) is 0 Å². The van der Waals surface area contributed by atoms with Crippen LogP contribution < -0.4 is 0 Å². The van der Waals surface area contributed by atoms with E-state index in [1.165, 1.54) is 23.4 Å². The van der Waals surface area contributed by atoms with Gasteiger partial charge in [-0.05, 0) is 25.7 Å². The Bertz CT molecular complexity index is 499. The number of sulfonamides is 1. The van der Waals surface area contributed by atoms with Crippen molar-refractivity contribution < 1.29 is 17.9 Å². The number of methoxy groups -OCH3 is 1. The first-order chi connectivity index (χ1) is 10.8. The van der Waals surface area contributed by atoms with Gasteiger partial charge in [0, 0.05) is 45.9 Å². The van der Waals surface area contributed by atoms with E-state index in [2.05, 4.69) is 11.8 Å². The monoisotopic (exact) mass is 347 g/mol. The SMILES string of the molecule is COCCN(CC(=O)N1CCN(S(C)(=O)=O)CC1)[C@H](C)C1CC1. The first-order valence-corrected chi connectivity index (χ1v) is 10.1. The fraction of sp³-hybridized carbons (Fsp3) is 0.933. The van der Waals surface area contributed by atoms with Crippen LogP contribution in [0.3, 0.4) is 0 Å². The minimum absolute atomic E-state index is 0.0850. The summed E-state index contributed by atoms with van der Waals surface area (Å²) >= 11 is 0. The topological polar surface area (TPSA) is 70.2 Å². The van der Waals surface area contributed by atoms with Crippen molar-refractivity contribution in [3.63, 3.8) is 0 Å². The highest BCUT2D eigenvalue weighted by atomic mass is 32.2. The van der Waals surface area contributed by atoms with E-state index in [9.17, 15) is 13.2 Å². The van der Waals surface area contributed by atoms with Gasteiger partial charge in [-0.15, -0.1) is 0 Å². The highest BCUT2D eigenvalue weighted by molar-refractivity contribution is 7.88. The second-order valence-electron chi connectivity index (χ2n) is 6.58. The molecule has 0 bridgehead atoms. The number of rotatable bonds is 8. The third-order valence-electron chi connectivity index (χ3n) is 4.86. The van der Waals surface area contributed by atoms with Crippen molar-refractivity contribution in [2.75, 3.05) is 59.2 Å².